The Hall–Kier alpha value is -3.56. The minimum Gasteiger partial charge on any atom is -0.394 e. The summed E-state index contributed by atoms with van der Waals surface area (Å²) in [6, 6.07) is 17.5. The van der Waals surface area contributed by atoms with E-state index in [0.717, 1.165) is 5.56 Å². The van der Waals surface area contributed by atoms with E-state index in [9.17, 15) is 14.7 Å². The summed E-state index contributed by atoms with van der Waals surface area (Å²) < 4.78 is 2.25. The third kappa shape index (κ3) is 4.79. The molecule has 0 saturated carbocycles. The van der Waals surface area contributed by atoms with Gasteiger partial charge in [0, 0.05) is 5.56 Å². The standard InChI is InChI=1S/C24H25N5O3S/c1-24(2,3)29-20-19(33-23(26-20)27-21(31)16-12-8-5-9-13-16)18(28-29)22(32)25-17(14-30)15-10-6-4-7-11-15/h4-13,17,30H,14H2,1-3H3,(H,25,32)(H,26,27,31)/t17-/m0/s1. The number of thiazole rings is 1. The maximum Gasteiger partial charge on any atom is 0.273 e. The smallest absolute Gasteiger partial charge is 0.273 e. The second-order valence-electron chi connectivity index (χ2n) is 8.54. The van der Waals surface area contributed by atoms with Crippen molar-refractivity contribution in [3.8, 4) is 0 Å². The molecular weight excluding hydrogens is 438 g/mol. The van der Waals surface area contributed by atoms with Crippen LogP contribution in [0.2, 0.25) is 0 Å². The van der Waals surface area contributed by atoms with Crippen LogP contribution in [0.1, 0.15) is 53.2 Å². The molecule has 0 spiro atoms. The molecule has 3 N–H and O–H groups in total. The number of carbonyl (C=O) groups is 2. The number of fused-ring (bicyclic) bond motifs is 1. The summed E-state index contributed by atoms with van der Waals surface area (Å²) in [7, 11) is 0. The van der Waals surface area contributed by atoms with Gasteiger partial charge < -0.3 is 10.4 Å². The number of amides is 2. The van der Waals surface area contributed by atoms with E-state index in [1.54, 1.807) is 28.9 Å². The minimum atomic E-state index is -0.571. The molecule has 2 heterocycles. The Labute approximate surface area is 195 Å². The van der Waals surface area contributed by atoms with E-state index in [1.807, 2.05) is 57.2 Å². The zero-order valence-corrected chi connectivity index (χ0v) is 19.4. The van der Waals surface area contributed by atoms with Crippen molar-refractivity contribution in [3.05, 3.63) is 77.5 Å². The van der Waals surface area contributed by atoms with E-state index in [4.69, 9.17) is 0 Å². The highest BCUT2D eigenvalue weighted by Crippen LogP contribution is 2.32. The molecule has 0 unspecified atom stereocenters. The molecule has 4 aromatic rings. The number of benzene rings is 2. The number of carbonyl (C=O) groups excluding carboxylic acids is 2. The summed E-state index contributed by atoms with van der Waals surface area (Å²) in [5.41, 5.74) is 1.58. The molecule has 0 aliphatic carbocycles. The third-order valence-electron chi connectivity index (χ3n) is 5.02. The summed E-state index contributed by atoms with van der Waals surface area (Å²) in [6.45, 7) is 5.63. The largest absolute Gasteiger partial charge is 0.394 e. The lowest BCUT2D eigenvalue weighted by atomic mass is 10.1. The summed E-state index contributed by atoms with van der Waals surface area (Å²) in [6.07, 6.45) is 0. The number of anilines is 1. The first-order valence-electron chi connectivity index (χ1n) is 10.5. The zero-order chi connectivity index (χ0) is 23.6. The van der Waals surface area contributed by atoms with Gasteiger partial charge in [0.15, 0.2) is 16.5 Å². The number of hydrogen-bond donors (Lipinski definition) is 3. The number of nitrogens with one attached hydrogen (secondary N) is 2. The van der Waals surface area contributed by atoms with Crippen LogP contribution in [-0.2, 0) is 5.54 Å². The van der Waals surface area contributed by atoms with Crippen LogP contribution in [-0.4, -0.2) is 38.3 Å². The molecular formula is C24H25N5O3S. The predicted octanol–water partition coefficient (Wildman–Crippen LogP) is 3.96. The maximum atomic E-state index is 13.2. The van der Waals surface area contributed by atoms with Crippen LogP contribution in [0.25, 0.3) is 10.3 Å². The first-order chi connectivity index (χ1) is 15.8. The molecule has 0 saturated heterocycles. The maximum absolute atomic E-state index is 13.2. The van der Waals surface area contributed by atoms with Gasteiger partial charge in [0.05, 0.1) is 18.2 Å². The Morgan fingerprint density at radius 3 is 2.27 bits per heavy atom. The van der Waals surface area contributed by atoms with Gasteiger partial charge in [-0.05, 0) is 38.5 Å². The highest BCUT2D eigenvalue weighted by atomic mass is 32.1. The van der Waals surface area contributed by atoms with Gasteiger partial charge in [-0.3, -0.25) is 14.9 Å². The summed E-state index contributed by atoms with van der Waals surface area (Å²) in [5, 5.41) is 20.4. The van der Waals surface area contributed by atoms with Gasteiger partial charge in [0.2, 0.25) is 0 Å². The summed E-state index contributed by atoms with van der Waals surface area (Å²) in [5.74, 6) is -0.701. The van der Waals surface area contributed by atoms with E-state index < -0.39 is 17.5 Å². The van der Waals surface area contributed by atoms with Crippen LogP contribution in [0, 0.1) is 0 Å². The van der Waals surface area contributed by atoms with Crippen molar-refractivity contribution in [2.45, 2.75) is 32.4 Å². The summed E-state index contributed by atoms with van der Waals surface area (Å²) >= 11 is 1.19. The highest BCUT2D eigenvalue weighted by Gasteiger charge is 2.28. The van der Waals surface area contributed by atoms with Crippen molar-refractivity contribution in [2.75, 3.05) is 11.9 Å². The molecule has 0 bridgehead atoms. The average Bonchev–Trinajstić information content (AvgIpc) is 3.36. The number of rotatable bonds is 6. The third-order valence-corrected chi connectivity index (χ3v) is 5.99. The average molecular weight is 464 g/mol. The van der Waals surface area contributed by atoms with Gasteiger partial charge in [-0.2, -0.15) is 10.1 Å². The predicted molar refractivity (Wildman–Crippen MR) is 129 cm³/mol. The zero-order valence-electron chi connectivity index (χ0n) is 18.6. The monoisotopic (exact) mass is 463 g/mol. The first-order valence-corrected chi connectivity index (χ1v) is 11.3. The minimum absolute atomic E-state index is 0.201. The van der Waals surface area contributed by atoms with Gasteiger partial charge >= 0.3 is 0 Å². The Morgan fingerprint density at radius 1 is 1.03 bits per heavy atom. The van der Waals surface area contributed by atoms with E-state index in [0.29, 0.717) is 21.0 Å². The normalized spacial score (nSPS) is 12.5. The Balaban J connectivity index is 1.67. The van der Waals surface area contributed by atoms with E-state index in [1.165, 1.54) is 11.3 Å². The number of hydrogen-bond acceptors (Lipinski definition) is 6. The van der Waals surface area contributed by atoms with Crippen molar-refractivity contribution in [1.82, 2.24) is 20.1 Å². The number of aromatic nitrogens is 3. The molecule has 0 aliphatic rings. The van der Waals surface area contributed by atoms with Crippen molar-refractivity contribution < 1.29 is 14.7 Å². The molecule has 170 valence electrons. The highest BCUT2D eigenvalue weighted by molar-refractivity contribution is 7.22. The molecule has 4 rings (SSSR count). The molecule has 2 amide bonds. The molecule has 0 radical (unpaired) electrons. The number of aliphatic hydroxyl groups excluding tert-OH is 1. The van der Waals surface area contributed by atoms with Crippen LogP contribution in [0.3, 0.4) is 0 Å². The van der Waals surface area contributed by atoms with E-state index in [-0.39, 0.29) is 18.2 Å². The second-order valence-corrected chi connectivity index (χ2v) is 9.54. The lowest BCUT2D eigenvalue weighted by molar-refractivity contribution is 0.0910. The summed E-state index contributed by atoms with van der Waals surface area (Å²) in [4.78, 5) is 30.3. The van der Waals surface area contributed by atoms with Crippen LogP contribution in [0.15, 0.2) is 60.7 Å². The van der Waals surface area contributed by atoms with Gasteiger partial charge in [-0.25, -0.2) is 4.68 Å². The molecule has 2 aromatic carbocycles. The van der Waals surface area contributed by atoms with Crippen LogP contribution in [0.5, 0.6) is 0 Å². The Kier molecular flexibility index (Phi) is 6.26. The fourth-order valence-electron chi connectivity index (χ4n) is 3.38. The molecule has 9 heteroatoms. The lowest BCUT2D eigenvalue weighted by Crippen LogP contribution is -2.31. The fourth-order valence-corrected chi connectivity index (χ4v) is 4.30. The lowest BCUT2D eigenvalue weighted by Gasteiger charge is -2.19. The van der Waals surface area contributed by atoms with Gasteiger partial charge in [0.1, 0.15) is 4.70 Å². The van der Waals surface area contributed by atoms with Crippen molar-refractivity contribution in [1.29, 1.82) is 0 Å². The molecule has 0 aliphatic heterocycles. The molecule has 2 aromatic heterocycles. The van der Waals surface area contributed by atoms with Crippen molar-refractivity contribution in [3.63, 3.8) is 0 Å². The molecule has 1 atom stereocenters. The molecule has 33 heavy (non-hydrogen) atoms. The van der Waals surface area contributed by atoms with E-state index in [2.05, 4.69) is 20.7 Å². The fraction of sp³-hybridized carbons (Fsp3) is 0.250. The topological polar surface area (TPSA) is 109 Å². The molecule has 0 fully saturated rings. The SMILES string of the molecule is CC(C)(C)n1nc(C(=O)N[C@@H](CO)c2ccccc2)c2sc(NC(=O)c3ccccc3)nc21. The quantitative estimate of drug-likeness (QED) is 0.401. The van der Waals surface area contributed by atoms with Gasteiger partial charge in [0.25, 0.3) is 11.8 Å². The van der Waals surface area contributed by atoms with Crippen molar-refractivity contribution in [2.24, 2.45) is 0 Å². The van der Waals surface area contributed by atoms with Crippen LogP contribution in [0.4, 0.5) is 5.13 Å². The number of aliphatic hydroxyl groups is 1. The van der Waals surface area contributed by atoms with Gasteiger partial charge in [-0.15, -0.1) is 0 Å². The first kappa shape index (κ1) is 22.6. The Morgan fingerprint density at radius 2 is 1.67 bits per heavy atom. The van der Waals surface area contributed by atoms with Gasteiger partial charge in [-0.1, -0.05) is 59.9 Å². The van der Waals surface area contributed by atoms with Crippen LogP contribution < -0.4 is 10.6 Å². The van der Waals surface area contributed by atoms with Crippen LogP contribution >= 0.6 is 11.3 Å². The number of nitrogens with zero attached hydrogens (tertiary/aromatic N) is 3. The Bertz CT molecular complexity index is 1280. The van der Waals surface area contributed by atoms with E-state index >= 15 is 0 Å². The van der Waals surface area contributed by atoms with Crippen molar-refractivity contribution >= 4 is 38.6 Å². The second kappa shape index (κ2) is 9.13. The molecule has 8 nitrogen and oxygen atoms in total.